The van der Waals surface area contributed by atoms with Crippen molar-refractivity contribution in [1.82, 2.24) is 0 Å². The molecule has 8 nitrogen and oxygen atoms in total. The normalized spacial score (nSPS) is 14.3. The molecule has 1 aliphatic rings. The molecular formula is C20H23N3O5S. The Labute approximate surface area is 169 Å². The molecule has 0 spiro atoms. The van der Waals surface area contributed by atoms with Crippen LogP contribution in [-0.2, 0) is 10.1 Å². The van der Waals surface area contributed by atoms with Gasteiger partial charge in [0.05, 0.1) is 6.26 Å². The molecule has 0 saturated heterocycles. The van der Waals surface area contributed by atoms with Crippen LogP contribution in [0.3, 0.4) is 0 Å². The molecule has 0 radical (unpaired) electrons. The highest BCUT2D eigenvalue weighted by Crippen LogP contribution is 2.39. The van der Waals surface area contributed by atoms with Crippen molar-refractivity contribution in [3.05, 3.63) is 71.3 Å². The molecule has 2 aromatic carbocycles. The first-order valence-corrected chi connectivity index (χ1v) is 10.4. The van der Waals surface area contributed by atoms with E-state index in [0.717, 1.165) is 22.4 Å². The summed E-state index contributed by atoms with van der Waals surface area (Å²) in [5.74, 6) is 0.111. The van der Waals surface area contributed by atoms with E-state index in [9.17, 15) is 13.2 Å². The van der Waals surface area contributed by atoms with Crippen LogP contribution in [0.2, 0.25) is 0 Å². The molecule has 0 fully saturated rings. The highest BCUT2D eigenvalue weighted by atomic mass is 32.2. The summed E-state index contributed by atoms with van der Waals surface area (Å²) in [6, 6.07) is 15.1. The van der Waals surface area contributed by atoms with Crippen LogP contribution in [-0.4, -0.2) is 36.7 Å². The van der Waals surface area contributed by atoms with E-state index < -0.39 is 21.6 Å². The topological polar surface area (TPSA) is 145 Å². The number of para-hydroxylation sites is 1. The van der Waals surface area contributed by atoms with Gasteiger partial charge in [-0.1, -0.05) is 30.3 Å². The summed E-state index contributed by atoms with van der Waals surface area (Å²) in [6.07, 6.45) is 2.77. The number of hydrogen-bond donors (Lipinski definition) is 3. The third-order valence-electron chi connectivity index (χ3n) is 3.69. The highest BCUT2D eigenvalue weighted by Gasteiger charge is 2.27. The van der Waals surface area contributed by atoms with Gasteiger partial charge in [-0.2, -0.15) is 13.4 Å². The number of nitrogens with two attached hydrogens (primary N) is 2. The molecule has 0 aromatic heterocycles. The first-order chi connectivity index (χ1) is 13.4. The SMILES string of the molecule is CC1(C)C=C(c2cccc(C(=O)N=C(N)N)c2)c2ccccc2O1.CS(=O)(=O)O. The van der Waals surface area contributed by atoms with E-state index in [0.29, 0.717) is 11.8 Å². The van der Waals surface area contributed by atoms with Crippen molar-refractivity contribution >= 4 is 27.6 Å². The molecule has 0 saturated carbocycles. The number of carbonyl (C=O) groups is 1. The zero-order valence-electron chi connectivity index (χ0n) is 16.3. The largest absolute Gasteiger partial charge is 0.483 e. The second-order valence-electron chi connectivity index (χ2n) is 6.92. The van der Waals surface area contributed by atoms with Crippen LogP contribution in [0.5, 0.6) is 5.75 Å². The molecule has 1 heterocycles. The van der Waals surface area contributed by atoms with Crippen molar-refractivity contribution in [3.63, 3.8) is 0 Å². The molecular weight excluding hydrogens is 394 g/mol. The molecule has 0 unspecified atom stereocenters. The summed E-state index contributed by atoms with van der Waals surface area (Å²) in [5.41, 5.74) is 13.5. The summed E-state index contributed by atoms with van der Waals surface area (Å²) in [7, 11) is -3.67. The Morgan fingerprint density at radius 2 is 1.72 bits per heavy atom. The smallest absolute Gasteiger partial charge is 0.280 e. The van der Waals surface area contributed by atoms with Crippen LogP contribution in [0.25, 0.3) is 5.57 Å². The number of nitrogens with zero attached hydrogens (tertiary/aromatic N) is 1. The molecule has 3 rings (SSSR count). The van der Waals surface area contributed by atoms with E-state index in [1.807, 2.05) is 50.2 Å². The maximum absolute atomic E-state index is 12.1. The Balaban J connectivity index is 0.000000537. The van der Waals surface area contributed by atoms with Crippen LogP contribution in [0.15, 0.2) is 59.6 Å². The van der Waals surface area contributed by atoms with Crippen LogP contribution in [0.4, 0.5) is 0 Å². The maximum atomic E-state index is 12.1. The fourth-order valence-electron chi connectivity index (χ4n) is 2.76. The lowest BCUT2D eigenvalue weighted by Gasteiger charge is -2.31. The lowest BCUT2D eigenvalue weighted by atomic mass is 9.89. The third-order valence-corrected chi connectivity index (χ3v) is 3.69. The van der Waals surface area contributed by atoms with Gasteiger partial charge in [-0.3, -0.25) is 9.35 Å². The summed E-state index contributed by atoms with van der Waals surface area (Å²) in [4.78, 5) is 15.7. The minimum Gasteiger partial charge on any atom is -0.483 e. The van der Waals surface area contributed by atoms with Crippen molar-refractivity contribution < 1.29 is 22.5 Å². The highest BCUT2D eigenvalue weighted by molar-refractivity contribution is 7.85. The van der Waals surface area contributed by atoms with Gasteiger partial charge in [-0.25, -0.2) is 0 Å². The quantitative estimate of drug-likeness (QED) is 0.386. The van der Waals surface area contributed by atoms with Gasteiger partial charge < -0.3 is 16.2 Å². The van der Waals surface area contributed by atoms with E-state index in [-0.39, 0.29) is 5.96 Å². The van der Waals surface area contributed by atoms with Crippen molar-refractivity contribution in [2.75, 3.05) is 6.26 Å². The molecule has 5 N–H and O–H groups in total. The number of fused-ring (bicyclic) bond motifs is 1. The van der Waals surface area contributed by atoms with Crippen LogP contribution in [0, 0.1) is 0 Å². The number of hydrogen-bond acceptors (Lipinski definition) is 4. The van der Waals surface area contributed by atoms with Gasteiger partial charge in [0.1, 0.15) is 11.4 Å². The van der Waals surface area contributed by atoms with E-state index in [1.165, 1.54) is 0 Å². The summed E-state index contributed by atoms with van der Waals surface area (Å²) in [6.45, 7) is 3.99. The van der Waals surface area contributed by atoms with Gasteiger partial charge >= 0.3 is 0 Å². The zero-order valence-corrected chi connectivity index (χ0v) is 17.1. The minimum atomic E-state index is -3.67. The third kappa shape index (κ3) is 6.74. The number of amides is 1. The second-order valence-corrected chi connectivity index (χ2v) is 8.38. The summed E-state index contributed by atoms with van der Waals surface area (Å²) < 4.78 is 31.9. The Hall–Kier alpha value is -3.17. The molecule has 154 valence electrons. The van der Waals surface area contributed by atoms with E-state index in [1.54, 1.807) is 12.1 Å². The molecule has 1 amide bonds. The number of rotatable bonds is 2. The number of carbonyl (C=O) groups excluding carboxylic acids is 1. The molecule has 0 bridgehead atoms. The molecule has 0 atom stereocenters. The average Bonchev–Trinajstić information content (AvgIpc) is 2.58. The number of benzene rings is 2. The Bertz CT molecular complexity index is 1080. The van der Waals surface area contributed by atoms with Gasteiger partial charge in [0.15, 0.2) is 5.96 Å². The van der Waals surface area contributed by atoms with Gasteiger partial charge in [-0.15, -0.1) is 0 Å². The molecule has 9 heteroatoms. The van der Waals surface area contributed by atoms with Crippen LogP contribution < -0.4 is 16.2 Å². The van der Waals surface area contributed by atoms with Crippen molar-refractivity contribution in [2.24, 2.45) is 16.5 Å². The lowest BCUT2D eigenvalue weighted by molar-refractivity contribution is 0.100. The van der Waals surface area contributed by atoms with Crippen LogP contribution >= 0.6 is 0 Å². The molecule has 1 aliphatic heterocycles. The fraction of sp³-hybridized carbons (Fsp3) is 0.200. The average molecular weight is 417 g/mol. The molecule has 0 aliphatic carbocycles. The van der Waals surface area contributed by atoms with E-state index >= 15 is 0 Å². The van der Waals surface area contributed by atoms with E-state index in [4.69, 9.17) is 20.8 Å². The van der Waals surface area contributed by atoms with Crippen LogP contribution in [0.1, 0.15) is 35.3 Å². The first kappa shape index (κ1) is 22.1. The molecule has 2 aromatic rings. The minimum absolute atomic E-state index is 0.248. The van der Waals surface area contributed by atoms with Gasteiger partial charge in [-0.05, 0) is 49.3 Å². The Morgan fingerprint density at radius 1 is 1.10 bits per heavy atom. The monoisotopic (exact) mass is 417 g/mol. The second kappa shape index (κ2) is 8.46. The lowest BCUT2D eigenvalue weighted by Crippen LogP contribution is -2.29. The number of ether oxygens (including phenoxy) is 1. The Morgan fingerprint density at radius 3 is 2.34 bits per heavy atom. The summed E-state index contributed by atoms with van der Waals surface area (Å²) >= 11 is 0. The maximum Gasteiger partial charge on any atom is 0.280 e. The fourth-order valence-corrected chi connectivity index (χ4v) is 2.76. The molecule has 29 heavy (non-hydrogen) atoms. The predicted octanol–water partition coefficient (Wildman–Crippen LogP) is 2.21. The van der Waals surface area contributed by atoms with E-state index in [2.05, 4.69) is 11.1 Å². The van der Waals surface area contributed by atoms with Gasteiger partial charge in [0.2, 0.25) is 0 Å². The predicted molar refractivity (Wildman–Crippen MR) is 112 cm³/mol. The zero-order chi connectivity index (χ0) is 21.8. The van der Waals surface area contributed by atoms with Crippen molar-refractivity contribution in [1.29, 1.82) is 0 Å². The van der Waals surface area contributed by atoms with Crippen molar-refractivity contribution in [3.8, 4) is 5.75 Å². The first-order valence-electron chi connectivity index (χ1n) is 8.54. The summed E-state index contributed by atoms with van der Waals surface area (Å²) in [5, 5.41) is 0. The number of aliphatic imine (C=N–C) groups is 1. The standard InChI is InChI=1S/C19H19N3O2.CH4O3S/c1-19(2)11-15(14-8-3-4-9-16(14)24-19)12-6-5-7-13(10-12)17(23)22-18(20)21;1-5(2,3)4/h3-11H,1-2H3,(H4,20,21,22,23);1H3,(H,2,3,4). The number of guanidine groups is 1. The Kier molecular flexibility index (Phi) is 6.45. The van der Waals surface area contributed by atoms with Gasteiger partial charge in [0.25, 0.3) is 16.0 Å². The van der Waals surface area contributed by atoms with Crippen molar-refractivity contribution in [2.45, 2.75) is 19.4 Å². The van der Waals surface area contributed by atoms with Gasteiger partial charge in [0, 0.05) is 11.1 Å².